The Bertz CT molecular complexity index is 3860. The molecule has 11 aromatic rings. The first-order valence-corrected chi connectivity index (χ1v) is 18.8. The van der Waals surface area contributed by atoms with E-state index in [1.807, 2.05) is 59.5 Å². The third kappa shape index (κ3) is 5.74. The lowest BCUT2D eigenvalue weighted by atomic mass is 9.97. The van der Waals surface area contributed by atoms with Crippen molar-refractivity contribution in [1.29, 1.82) is 0 Å². The van der Waals surface area contributed by atoms with Crippen LogP contribution in [0.15, 0.2) is 230 Å². The molecule has 0 saturated heterocycles. The van der Waals surface area contributed by atoms with Crippen LogP contribution in [-0.2, 0) is 0 Å². The van der Waals surface area contributed by atoms with Crippen LogP contribution in [0.4, 0.5) is 17.1 Å². The second-order valence-electron chi connectivity index (χ2n) is 13.9. The number of aromatic nitrogens is 1. The summed E-state index contributed by atoms with van der Waals surface area (Å²) in [4.78, 5) is 1.98. The summed E-state index contributed by atoms with van der Waals surface area (Å²) in [5.74, 6) is 0. The molecule has 1 aromatic heterocycles. The minimum Gasteiger partial charge on any atom is -0.310 e. The average Bonchev–Trinajstić information content (AvgIpc) is 3.74. The standard InChI is InChI=1S/C56H38N2/c1-3-20-47-39(14-1)16-12-25-49(47)41-30-34-44(35-31-41)57(45-36-32-42(33-37-45)50-26-13-17-40-15-2-4-21-48(40)50)46-19-11-18-43(38-46)51-22-5-8-27-54(51)58-55-28-9-6-23-52(55)53-24-7-10-29-56(53)58/h1-38H/i1D,2D,3D,4D,12D,13D,14D,15D,16D,17D,20D,21D,25D,26D. The van der Waals surface area contributed by atoms with Crippen LogP contribution in [0.2, 0.25) is 0 Å². The Balaban J connectivity index is 1.10. The van der Waals surface area contributed by atoms with Gasteiger partial charge < -0.3 is 9.47 Å². The van der Waals surface area contributed by atoms with Crippen LogP contribution < -0.4 is 4.90 Å². The molecule has 0 amide bonds. The van der Waals surface area contributed by atoms with Crippen molar-refractivity contribution < 1.29 is 19.2 Å². The number of anilines is 3. The van der Waals surface area contributed by atoms with E-state index in [0.29, 0.717) is 28.2 Å². The molecular formula is C56H38N2. The summed E-state index contributed by atoms with van der Waals surface area (Å²) in [5, 5.41) is 1.90. The van der Waals surface area contributed by atoms with E-state index in [4.69, 9.17) is 19.2 Å². The molecule has 2 heteroatoms. The van der Waals surface area contributed by atoms with E-state index in [-0.39, 0.29) is 44.8 Å². The molecule has 0 unspecified atom stereocenters. The highest BCUT2D eigenvalue weighted by molar-refractivity contribution is 6.10. The SMILES string of the molecule is [2H]c1c([2H])c([2H])c2c(-c3ccc(N(c4ccc(-c5c([2H])c([2H])c([2H])c6c([2H])c([2H])c([2H])c([2H])c56)cc4)c4cccc(-c5ccccc5-n5c6ccccc6c6ccccc65)c4)cc3)c([2H])c([2H])c([2H])c2c1[2H]. The van der Waals surface area contributed by atoms with Gasteiger partial charge in [0.25, 0.3) is 0 Å². The number of para-hydroxylation sites is 3. The van der Waals surface area contributed by atoms with Gasteiger partial charge in [-0.3, -0.25) is 0 Å². The maximum atomic E-state index is 9.00. The van der Waals surface area contributed by atoms with Gasteiger partial charge >= 0.3 is 0 Å². The summed E-state index contributed by atoms with van der Waals surface area (Å²) < 4.78 is 123. The molecule has 272 valence electrons. The Morgan fingerprint density at radius 2 is 0.845 bits per heavy atom. The Labute approximate surface area is 357 Å². The molecule has 0 saturated carbocycles. The van der Waals surface area contributed by atoms with Crippen LogP contribution >= 0.6 is 0 Å². The first-order valence-electron chi connectivity index (χ1n) is 25.8. The van der Waals surface area contributed by atoms with E-state index in [1.54, 1.807) is 48.5 Å². The van der Waals surface area contributed by atoms with Gasteiger partial charge in [-0.25, -0.2) is 0 Å². The molecule has 0 aliphatic heterocycles. The van der Waals surface area contributed by atoms with Crippen molar-refractivity contribution in [3.8, 4) is 39.1 Å². The van der Waals surface area contributed by atoms with Crippen LogP contribution in [0.25, 0.3) is 82.4 Å². The number of nitrogens with zero attached hydrogens (tertiary/aromatic N) is 2. The van der Waals surface area contributed by atoms with Gasteiger partial charge in [0.15, 0.2) is 0 Å². The van der Waals surface area contributed by atoms with Gasteiger partial charge in [0.1, 0.15) is 0 Å². The maximum absolute atomic E-state index is 9.00. The summed E-state index contributed by atoms with van der Waals surface area (Å²) >= 11 is 0. The molecule has 0 aliphatic carbocycles. The van der Waals surface area contributed by atoms with E-state index in [0.717, 1.165) is 38.6 Å². The van der Waals surface area contributed by atoms with E-state index in [9.17, 15) is 0 Å². The van der Waals surface area contributed by atoms with Gasteiger partial charge in [-0.05, 0) is 104 Å². The van der Waals surface area contributed by atoms with Gasteiger partial charge in [0.05, 0.1) is 35.9 Å². The number of rotatable bonds is 7. The van der Waals surface area contributed by atoms with Crippen LogP contribution in [-0.4, -0.2) is 4.57 Å². The molecule has 0 atom stereocenters. The van der Waals surface area contributed by atoms with Crippen molar-refractivity contribution in [2.45, 2.75) is 0 Å². The second kappa shape index (κ2) is 14.1. The molecule has 0 spiro atoms. The molecule has 0 aliphatic rings. The zero-order valence-electron chi connectivity index (χ0n) is 44.8. The predicted molar refractivity (Wildman–Crippen MR) is 247 cm³/mol. The van der Waals surface area contributed by atoms with Gasteiger partial charge in [-0.15, -0.1) is 0 Å². The Morgan fingerprint density at radius 1 is 0.345 bits per heavy atom. The quantitative estimate of drug-likeness (QED) is 0.157. The molecule has 0 fully saturated rings. The Hall–Kier alpha value is -7.68. The van der Waals surface area contributed by atoms with Crippen LogP contribution in [0.1, 0.15) is 19.2 Å². The van der Waals surface area contributed by atoms with Crippen molar-refractivity contribution in [3.63, 3.8) is 0 Å². The van der Waals surface area contributed by atoms with E-state index in [1.165, 1.54) is 0 Å². The lowest BCUT2D eigenvalue weighted by molar-refractivity contribution is 1.18. The smallest absolute Gasteiger partial charge is 0.0629 e. The molecule has 10 aromatic carbocycles. The van der Waals surface area contributed by atoms with Crippen LogP contribution in [0.3, 0.4) is 0 Å². The summed E-state index contributed by atoms with van der Waals surface area (Å²) in [7, 11) is 0. The first-order chi connectivity index (χ1) is 34.6. The summed E-state index contributed by atoms with van der Waals surface area (Å²) in [6.07, 6.45) is 0. The fourth-order valence-corrected chi connectivity index (χ4v) is 7.97. The topological polar surface area (TPSA) is 8.17 Å². The minimum absolute atomic E-state index is 0.0257. The van der Waals surface area contributed by atoms with Crippen LogP contribution in [0.5, 0.6) is 0 Å². The normalized spacial score (nSPS) is 14.8. The Kier molecular flexibility index (Phi) is 5.39. The van der Waals surface area contributed by atoms with Crippen molar-refractivity contribution in [2.24, 2.45) is 0 Å². The fourth-order valence-electron chi connectivity index (χ4n) is 7.97. The van der Waals surface area contributed by atoms with Crippen molar-refractivity contribution in [3.05, 3.63) is 230 Å². The number of benzene rings is 10. The van der Waals surface area contributed by atoms with Crippen molar-refractivity contribution in [2.75, 3.05) is 4.90 Å². The maximum Gasteiger partial charge on any atom is 0.0629 e. The summed E-state index contributed by atoms with van der Waals surface area (Å²) in [6, 6.07) is 40.3. The number of fused-ring (bicyclic) bond motifs is 5. The van der Waals surface area contributed by atoms with Gasteiger partial charge in [-0.1, -0.05) is 176 Å². The highest BCUT2D eigenvalue weighted by atomic mass is 15.1. The van der Waals surface area contributed by atoms with E-state index < -0.39 is 72.5 Å². The lowest BCUT2D eigenvalue weighted by Crippen LogP contribution is -2.10. The van der Waals surface area contributed by atoms with E-state index >= 15 is 0 Å². The fraction of sp³-hybridized carbons (Fsp3) is 0. The van der Waals surface area contributed by atoms with Crippen LogP contribution in [0, 0.1) is 0 Å². The van der Waals surface area contributed by atoms with Gasteiger partial charge in [0.2, 0.25) is 0 Å². The zero-order valence-corrected chi connectivity index (χ0v) is 30.8. The largest absolute Gasteiger partial charge is 0.310 e. The number of hydrogen-bond acceptors (Lipinski definition) is 1. The first kappa shape index (κ1) is 22.2. The molecule has 0 N–H and O–H groups in total. The van der Waals surface area contributed by atoms with Gasteiger partial charge in [-0.2, -0.15) is 0 Å². The van der Waals surface area contributed by atoms with Gasteiger partial charge in [0, 0.05) is 33.4 Å². The number of hydrogen-bond donors (Lipinski definition) is 0. The Morgan fingerprint density at radius 3 is 1.43 bits per heavy atom. The molecule has 1 heterocycles. The molecule has 0 radical (unpaired) electrons. The molecule has 2 nitrogen and oxygen atoms in total. The summed E-state index contributed by atoms with van der Waals surface area (Å²) in [6.45, 7) is 0. The third-order valence-corrected chi connectivity index (χ3v) is 10.6. The predicted octanol–water partition coefficient (Wildman–Crippen LogP) is 15.6. The minimum atomic E-state index is -0.536. The van der Waals surface area contributed by atoms with E-state index in [2.05, 4.69) is 47.0 Å². The second-order valence-corrected chi connectivity index (χ2v) is 13.9. The monoisotopic (exact) mass is 752 g/mol. The molecule has 0 bridgehead atoms. The summed E-state index contributed by atoms with van der Waals surface area (Å²) in [5.41, 5.74) is 7.80. The van der Waals surface area contributed by atoms with Crippen molar-refractivity contribution >= 4 is 60.4 Å². The molecule has 11 rings (SSSR count). The highest BCUT2D eigenvalue weighted by Gasteiger charge is 2.18. The zero-order chi connectivity index (χ0) is 50.6. The average molecular weight is 753 g/mol. The highest BCUT2D eigenvalue weighted by Crippen LogP contribution is 2.41. The molecular weight excluding hydrogens is 701 g/mol. The van der Waals surface area contributed by atoms with Crippen molar-refractivity contribution in [1.82, 2.24) is 4.57 Å². The third-order valence-electron chi connectivity index (χ3n) is 10.6. The lowest BCUT2D eigenvalue weighted by Gasteiger charge is -2.27. The molecule has 58 heavy (non-hydrogen) atoms.